The van der Waals surface area contributed by atoms with Gasteiger partial charge in [0.2, 0.25) is 0 Å². The van der Waals surface area contributed by atoms with Crippen molar-refractivity contribution in [2.75, 3.05) is 5.32 Å². The van der Waals surface area contributed by atoms with Gasteiger partial charge in [-0.1, -0.05) is 19.8 Å². The first kappa shape index (κ1) is 19.9. The van der Waals surface area contributed by atoms with Gasteiger partial charge in [0.25, 0.3) is 5.91 Å². The van der Waals surface area contributed by atoms with Gasteiger partial charge >= 0.3 is 0 Å². The minimum atomic E-state index is -0.0612. The van der Waals surface area contributed by atoms with Crippen molar-refractivity contribution in [3.05, 3.63) is 52.0 Å². The lowest BCUT2D eigenvalue weighted by Crippen LogP contribution is -2.23. The molecule has 4 N–H and O–H groups in total. The van der Waals surface area contributed by atoms with Gasteiger partial charge in [0.1, 0.15) is 0 Å². The number of amides is 1. The second-order valence-electron chi connectivity index (χ2n) is 7.42. The molecule has 0 fully saturated rings. The highest BCUT2D eigenvalue weighted by atomic mass is 35.5. The fraction of sp³-hybridized carbons (Fsp3) is 0.381. The molecule has 2 aromatic heterocycles. The third-order valence-electron chi connectivity index (χ3n) is 5.32. The van der Waals surface area contributed by atoms with Gasteiger partial charge in [-0.25, -0.2) is 0 Å². The summed E-state index contributed by atoms with van der Waals surface area (Å²) in [5.74, 6) is 0.571. The summed E-state index contributed by atoms with van der Waals surface area (Å²) in [5, 5.41) is 7.06. The number of aromatic nitrogens is 1. The van der Waals surface area contributed by atoms with Crippen LogP contribution in [0.3, 0.4) is 0 Å². The van der Waals surface area contributed by atoms with Crippen LogP contribution >= 0.6 is 23.7 Å². The Morgan fingerprint density at radius 2 is 2.19 bits per heavy atom. The molecule has 1 aromatic carbocycles. The molecule has 1 aliphatic rings. The van der Waals surface area contributed by atoms with E-state index in [1.807, 2.05) is 36.6 Å². The zero-order chi connectivity index (χ0) is 18.3. The maximum atomic E-state index is 12.6. The van der Waals surface area contributed by atoms with Crippen LogP contribution < -0.4 is 11.1 Å². The number of rotatable bonds is 4. The van der Waals surface area contributed by atoms with E-state index in [4.69, 9.17) is 5.73 Å². The molecule has 0 saturated carbocycles. The van der Waals surface area contributed by atoms with Crippen molar-refractivity contribution >= 4 is 45.6 Å². The summed E-state index contributed by atoms with van der Waals surface area (Å²) in [5.41, 5.74) is 11.8. The van der Waals surface area contributed by atoms with E-state index >= 15 is 0 Å². The Morgan fingerprint density at radius 3 is 2.89 bits per heavy atom. The van der Waals surface area contributed by atoms with Crippen LogP contribution in [0.5, 0.6) is 0 Å². The van der Waals surface area contributed by atoms with Gasteiger partial charge in [0.15, 0.2) is 0 Å². The minimum Gasteiger partial charge on any atom is -0.357 e. The van der Waals surface area contributed by atoms with Crippen molar-refractivity contribution in [2.24, 2.45) is 11.7 Å². The van der Waals surface area contributed by atoms with Gasteiger partial charge in [-0.15, -0.1) is 23.7 Å². The Morgan fingerprint density at radius 1 is 1.37 bits per heavy atom. The van der Waals surface area contributed by atoms with Crippen molar-refractivity contribution in [2.45, 2.75) is 45.6 Å². The van der Waals surface area contributed by atoms with E-state index in [-0.39, 0.29) is 24.4 Å². The number of carbonyl (C=O) groups excluding carboxylic acids is 1. The maximum absolute atomic E-state index is 12.6. The van der Waals surface area contributed by atoms with E-state index in [1.54, 1.807) is 11.3 Å². The van der Waals surface area contributed by atoms with Crippen LogP contribution in [0.25, 0.3) is 10.9 Å². The van der Waals surface area contributed by atoms with E-state index in [1.165, 1.54) is 18.4 Å². The second-order valence-corrected chi connectivity index (χ2v) is 8.33. The largest absolute Gasteiger partial charge is 0.357 e. The van der Waals surface area contributed by atoms with Crippen molar-refractivity contribution in [1.29, 1.82) is 0 Å². The number of nitrogens with two attached hydrogens (primary N) is 1. The van der Waals surface area contributed by atoms with Crippen molar-refractivity contribution in [3.8, 4) is 0 Å². The molecular formula is C21H26ClN3OS. The lowest BCUT2D eigenvalue weighted by molar-refractivity contribution is 0.102. The third-order valence-corrected chi connectivity index (χ3v) is 6.28. The summed E-state index contributed by atoms with van der Waals surface area (Å²) in [6.07, 6.45) is 4.48. The topological polar surface area (TPSA) is 70.9 Å². The molecule has 0 radical (unpaired) electrons. The first-order chi connectivity index (χ1) is 12.5. The number of anilines is 1. The van der Waals surface area contributed by atoms with Gasteiger partial charge in [0.05, 0.1) is 5.00 Å². The Balaban J connectivity index is 0.00000210. The van der Waals surface area contributed by atoms with Crippen LogP contribution in [0.1, 0.15) is 59.4 Å². The Kier molecular flexibility index (Phi) is 5.94. The van der Waals surface area contributed by atoms with Crippen LogP contribution in [0.2, 0.25) is 0 Å². The van der Waals surface area contributed by atoms with E-state index in [2.05, 4.69) is 17.2 Å². The van der Waals surface area contributed by atoms with E-state index < -0.39 is 0 Å². The first-order valence-corrected chi connectivity index (χ1v) is 10.2. The number of hydrogen-bond acceptors (Lipinski definition) is 3. The molecule has 6 heteroatoms. The fourth-order valence-electron chi connectivity index (χ4n) is 4.10. The maximum Gasteiger partial charge on any atom is 0.256 e. The van der Waals surface area contributed by atoms with Crippen LogP contribution in [0, 0.1) is 12.8 Å². The summed E-state index contributed by atoms with van der Waals surface area (Å²) >= 11 is 1.55. The van der Waals surface area contributed by atoms with Crippen molar-refractivity contribution < 1.29 is 4.79 Å². The standard InChI is InChI=1S/C21H25N3OS.ClH/c1-3-4-13-8-16-15-10-14(21(25)24-19-7-12(2)11-26-19)5-6-18(15)23-20(16)17(22)9-13;/h5-7,10-11,13,17,23H,3-4,8-9,22H2,1-2H3,(H,24,25);1H. The molecule has 1 aliphatic carbocycles. The molecule has 0 aliphatic heterocycles. The molecule has 2 heterocycles. The number of fused-ring (bicyclic) bond motifs is 3. The number of carbonyl (C=O) groups is 1. The van der Waals surface area contributed by atoms with Crippen LogP contribution in [-0.2, 0) is 6.42 Å². The van der Waals surface area contributed by atoms with E-state index in [0.29, 0.717) is 11.5 Å². The van der Waals surface area contributed by atoms with Gasteiger partial charge in [0, 0.05) is 28.2 Å². The highest BCUT2D eigenvalue weighted by molar-refractivity contribution is 7.14. The molecule has 2 atom stereocenters. The highest BCUT2D eigenvalue weighted by Gasteiger charge is 2.27. The average Bonchev–Trinajstić information content (AvgIpc) is 3.18. The van der Waals surface area contributed by atoms with Gasteiger partial charge in [-0.2, -0.15) is 0 Å². The molecule has 3 aromatic rings. The highest BCUT2D eigenvalue weighted by Crippen LogP contribution is 2.38. The summed E-state index contributed by atoms with van der Waals surface area (Å²) in [4.78, 5) is 16.1. The lowest BCUT2D eigenvalue weighted by Gasteiger charge is -2.27. The fourth-order valence-corrected chi connectivity index (χ4v) is 4.89. The zero-order valence-corrected chi connectivity index (χ0v) is 17.3. The molecule has 144 valence electrons. The Labute approximate surface area is 170 Å². The summed E-state index contributed by atoms with van der Waals surface area (Å²) in [6, 6.07) is 7.96. The zero-order valence-electron chi connectivity index (χ0n) is 15.7. The number of aromatic amines is 1. The number of nitrogens with one attached hydrogen (secondary N) is 2. The van der Waals surface area contributed by atoms with Crippen molar-refractivity contribution in [1.82, 2.24) is 4.98 Å². The molecular weight excluding hydrogens is 378 g/mol. The molecule has 27 heavy (non-hydrogen) atoms. The molecule has 4 rings (SSSR count). The quantitative estimate of drug-likeness (QED) is 0.532. The molecule has 0 spiro atoms. The van der Waals surface area contributed by atoms with Gasteiger partial charge in [-0.3, -0.25) is 4.79 Å². The Bertz CT molecular complexity index is 962. The summed E-state index contributed by atoms with van der Waals surface area (Å²) < 4.78 is 0. The van der Waals surface area contributed by atoms with Gasteiger partial charge in [-0.05, 0) is 66.5 Å². The average molecular weight is 404 g/mol. The number of aryl methyl sites for hydroxylation is 1. The third kappa shape index (κ3) is 3.91. The predicted octanol–water partition coefficient (Wildman–Crippen LogP) is 5.57. The van der Waals surface area contributed by atoms with Crippen LogP contribution in [-0.4, -0.2) is 10.9 Å². The predicted molar refractivity (Wildman–Crippen MR) is 116 cm³/mol. The van der Waals surface area contributed by atoms with Crippen LogP contribution in [0.4, 0.5) is 5.00 Å². The normalized spacial score (nSPS) is 18.8. The number of hydrogen-bond donors (Lipinski definition) is 3. The SMILES string of the molecule is CCCC1Cc2c([nH]c3ccc(C(=O)Nc4cc(C)cs4)cc23)C(N)C1.Cl. The van der Waals surface area contributed by atoms with Crippen molar-refractivity contribution in [3.63, 3.8) is 0 Å². The molecule has 2 unspecified atom stereocenters. The number of halogens is 1. The van der Waals surface area contributed by atoms with Gasteiger partial charge < -0.3 is 16.0 Å². The number of benzene rings is 1. The monoisotopic (exact) mass is 403 g/mol. The summed E-state index contributed by atoms with van der Waals surface area (Å²) in [6.45, 7) is 4.26. The minimum absolute atomic E-state index is 0. The molecule has 0 saturated heterocycles. The number of H-pyrrole nitrogens is 1. The van der Waals surface area contributed by atoms with Crippen LogP contribution in [0.15, 0.2) is 29.6 Å². The van der Waals surface area contributed by atoms with E-state index in [0.717, 1.165) is 40.0 Å². The Hall–Kier alpha value is -1.82. The first-order valence-electron chi connectivity index (χ1n) is 9.31. The van der Waals surface area contributed by atoms with E-state index in [9.17, 15) is 4.79 Å². The molecule has 1 amide bonds. The smallest absolute Gasteiger partial charge is 0.256 e. The molecule has 0 bridgehead atoms. The number of thiophene rings is 1. The second kappa shape index (κ2) is 8.05. The molecule has 4 nitrogen and oxygen atoms in total. The summed E-state index contributed by atoms with van der Waals surface area (Å²) in [7, 11) is 0. The lowest BCUT2D eigenvalue weighted by atomic mass is 9.81.